The molecule has 0 bridgehead atoms. The maximum atomic E-state index is 13.5. The summed E-state index contributed by atoms with van der Waals surface area (Å²) in [6, 6.07) is 5.36. The molecule has 1 saturated carbocycles. The van der Waals surface area contributed by atoms with Gasteiger partial charge < -0.3 is 5.11 Å². The van der Waals surface area contributed by atoms with Gasteiger partial charge in [0.05, 0.1) is 12.2 Å². The van der Waals surface area contributed by atoms with Crippen molar-refractivity contribution in [1.29, 1.82) is 0 Å². The average molecular weight is 344 g/mol. The molecule has 1 aliphatic heterocycles. The smallest absolute Gasteiger partial charge is 0.358 e. The number of aromatic carboxylic acids is 1. The second-order valence-electron chi connectivity index (χ2n) is 7.01. The van der Waals surface area contributed by atoms with E-state index in [1.807, 2.05) is 6.07 Å². The highest BCUT2D eigenvalue weighted by Gasteiger charge is 2.28. The Hall–Kier alpha value is -2.28. The molecule has 2 fully saturated rings. The lowest BCUT2D eigenvalue weighted by Gasteiger charge is -2.32. The van der Waals surface area contributed by atoms with Crippen LogP contribution in [0.3, 0.4) is 0 Å². The number of rotatable bonds is 5. The largest absolute Gasteiger partial charge is 0.476 e. The van der Waals surface area contributed by atoms with Gasteiger partial charge in [-0.2, -0.15) is 0 Å². The summed E-state index contributed by atoms with van der Waals surface area (Å²) in [5, 5.41) is 16.6. The van der Waals surface area contributed by atoms with Crippen LogP contribution in [0.15, 0.2) is 24.4 Å². The molecule has 4 rings (SSSR count). The van der Waals surface area contributed by atoms with Crippen molar-refractivity contribution in [2.75, 3.05) is 13.1 Å². The Labute approximate surface area is 145 Å². The third-order valence-electron chi connectivity index (χ3n) is 5.18. The van der Waals surface area contributed by atoms with Crippen LogP contribution in [-0.2, 0) is 6.54 Å². The van der Waals surface area contributed by atoms with E-state index in [1.165, 1.54) is 17.3 Å². The molecule has 132 valence electrons. The Morgan fingerprint density at radius 1 is 1.24 bits per heavy atom. The fourth-order valence-electron chi connectivity index (χ4n) is 3.62. The maximum Gasteiger partial charge on any atom is 0.358 e. The van der Waals surface area contributed by atoms with Crippen LogP contribution in [0.5, 0.6) is 0 Å². The van der Waals surface area contributed by atoms with Crippen LogP contribution in [0.25, 0.3) is 0 Å². The number of piperidine rings is 1. The molecule has 1 aromatic carbocycles. The van der Waals surface area contributed by atoms with Gasteiger partial charge in [0.15, 0.2) is 5.69 Å². The van der Waals surface area contributed by atoms with Crippen molar-refractivity contribution in [2.45, 2.75) is 44.2 Å². The van der Waals surface area contributed by atoms with Crippen molar-refractivity contribution >= 4 is 5.97 Å². The minimum atomic E-state index is -1.05. The normalized spacial score (nSPS) is 19.2. The van der Waals surface area contributed by atoms with Crippen LogP contribution < -0.4 is 0 Å². The zero-order valence-electron chi connectivity index (χ0n) is 13.9. The fraction of sp³-hybridized carbons (Fsp3) is 0.500. The minimum Gasteiger partial charge on any atom is -0.476 e. The summed E-state index contributed by atoms with van der Waals surface area (Å²) in [6.07, 6.45) is 5.64. The van der Waals surface area contributed by atoms with Crippen LogP contribution in [-0.4, -0.2) is 44.1 Å². The Kier molecular flexibility index (Phi) is 4.25. The molecule has 1 aliphatic carbocycles. The Morgan fingerprint density at radius 2 is 2.00 bits per heavy atom. The number of nitrogens with zero attached hydrogens (tertiary/aromatic N) is 4. The number of aromatic nitrogens is 3. The molecule has 6 nitrogen and oxygen atoms in total. The van der Waals surface area contributed by atoms with Crippen LogP contribution in [0.4, 0.5) is 4.39 Å². The first-order valence-corrected chi connectivity index (χ1v) is 8.76. The first kappa shape index (κ1) is 16.2. The predicted molar refractivity (Wildman–Crippen MR) is 88.9 cm³/mol. The topological polar surface area (TPSA) is 71.2 Å². The minimum absolute atomic E-state index is 0.0113. The zero-order valence-corrected chi connectivity index (χ0v) is 13.9. The Morgan fingerprint density at radius 3 is 2.64 bits per heavy atom. The molecule has 0 atom stereocenters. The highest BCUT2D eigenvalue weighted by Crippen LogP contribution is 2.42. The van der Waals surface area contributed by atoms with Crippen molar-refractivity contribution < 1.29 is 14.3 Å². The first-order chi connectivity index (χ1) is 12.1. The summed E-state index contributed by atoms with van der Waals surface area (Å²) in [6.45, 7) is 2.67. The monoisotopic (exact) mass is 344 g/mol. The molecule has 1 saturated heterocycles. The van der Waals surface area contributed by atoms with E-state index >= 15 is 0 Å². The third kappa shape index (κ3) is 3.56. The van der Waals surface area contributed by atoms with Gasteiger partial charge in [-0.15, -0.1) is 5.10 Å². The van der Waals surface area contributed by atoms with Crippen molar-refractivity contribution in [3.05, 3.63) is 47.0 Å². The molecule has 25 heavy (non-hydrogen) atoms. The molecule has 0 amide bonds. The van der Waals surface area contributed by atoms with Gasteiger partial charge in [-0.25, -0.2) is 13.9 Å². The zero-order chi connectivity index (χ0) is 17.4. The quantitative estimate of drug-likeness (QED) is 0.903. The van der Waals surface area contributed by atoms with E-state index in [9.17, 15) is 9.18 Å². The predicted octanol–water partition coefficient (Wildman–Crippen LogP) is 2.83. The molecule has 0 spiro atoms. The lowest BCUT2D eigenvalue weighted by atomic mass is 10.00. The molecule has 1 aromatic heterocycles. The van der Waals surface area contributed by atoms with Crippen molar-refractivity contribution in [3.8, 4) is 0 Å². The first-order valence-electron chi connectivity index (χ1n) is 8.76. The third-order valence-corrected chi connectivity index (χ3v) is 5.18. The standard InChI is InChI=1S/C18H21FN4O2/c19-14-4-3-13(16(9-14)12-1-2-12)10-22-7-5-15(6-8-22)23-11-17(18(24)25)20-21-23/h3-4,9,11-12,15H,1-2,5-8,10H2,(H,24,25). The summed E-state index contributed by atoms with van der Waals surface area (Å²) in [5.41, 5.74) is 2.39. The van der Waals surface area contributed by atoms with Gasteiger partial charge in [-0.3, -0.25) is 4.90 Å². The summed E-state index contributed by atoms with van der Waals surface area (Å²) < 4.78 is 15.2. The van der Waals surface area contributed by atoms with Gasteiger partial charge in [0, 0.05) is 19.6 Å². The van der Waals surface area contributed by atoms with E-state index in [2.05, 4.69) is 15.2 Å². The summed E-state index contributed by atoms with van der Waals surface area (Å²) >= 11 is 0. The average Bonchev–Trinajstić information content (AvgIpc) is 3.33. The number of carboxylic acid groups (broad SMARTS) is 1. The molecular formula is C18H21FN4O2. The lowest BCUT2D eigenvalue weighted by Crippen LogP contribution is -2.34. The fourth-order valence-corrected chi connectivity index (χ4v) is 3.62. The number of carbonyl (C=O) groups is 1. The number of hydrogen-bond acceptors (Lipinski definition) is 4. The van der Waals surface area contributed by atoms with Crippen LogP contribution in [0, 0.1) is 5.82 Å². The second-order valence-corrected chi connectivity index (χ2v) is 7.01. The number of likely N-dealkylation sites (tertiary alicyclic amines) is 1. The van der Waals surface area contributed by atoms with Gasteiger partial charge in [0.1, 0.15) is 5.82 Å². The van der Waals surface area contributed by atoms with Crippen LogP contribution >= 0.6 is 0 Å². The van der Waals surface area contributed by atoms with E-state index in [0.29, 0.717) is 5.92 Å². The molecule has 2 heterocycles. The van der Waals surface area contributed by atoms with Crippen molar-refractivity contribution in [1.82, 2.24) is 19.9 Å². The van der Waals surface area contributed by atoms with E-state index in [-0.39, 0.29) is 17.6 Å². The van der Waals surface area contributed by atoms with Crippen LogP contribution in [0.2, 0.25) is 0 Å². The number of halogens is 1. The molecule has 0 unspecified atom stereocenters. The SMILES string of the molecule is O=C(O)c1cn(C2CCN(Cc3ccc(F)cc3C3CC3)CC2)nn1. The summed E-state index contributed by atoms with van der Waals surface area (Å²) in [4.78, 5) is 13.3. The van der Waals surface area contributed by atoms with Crippen molar-refractivity contribution in [2.24, 2.45) is 0 Å². The Bertz CT molecular complexity index is 779. The molecule has 2 aromatic rings. The molecule has 0 radical (unpaired) electrons. The van der Waals surface area contributed by atoms with Gasteiger partial charge >= 0.3 is 5.97 Å². The number of hydrogen-bond donors (Lipinski definition) is 1. The highest BCUT2D eigenvalue weighted by atomic mass is 19.1. The van der Waals surface area contributed by atoms with Gasteiger partial charge in [-0.1, -0.05) is 11.3 Å². The lowest BCUT2D eigenvalue weighted by molar-refractivity contribution is 0.0690. The van der Waals surface area contributed by atoms with Gasteiger partial charge in [0.2, 0.25) is 0 Å². The molecular weight excluding hydrogens is 323 g/mol. The Balaban J connectivity index is 1.38. The van der Waals surface area contributed by atoms with Crippen molar-refractivity contribution in [3.63, 3.8) is 0 Å². The van der Waals surface area contributed by atoms with E-state index in [4.69, 9.17) is 5.11 Å². The molecule has 2 aliphatic rings. The van der Waals surface area contributed by atoms with Gasteiger partial charge in [0.25, 0.3) is 0 Å². The number of carboxylic acids is 1. The summed E-state index contributed by atoms with van der Waals surface area (Å²) in [5.74, 6) is -0.662. The van der Waals surface area contributed by atoms with E-state index in [1.54, 1.807) is 16.8 Å². The van der Waals surface area contributed by atoms with E-state index < -0.39 is 5.97 Å². The summed E-state index contributed by atoms with van der Waals surface area (Å²) in [7, 11) is 0. The second kappa shape index (κ2) is 6.55. The maximum absolute atomic E-state index is 13.5. The number of benzene rings is 1. The highest BCUT2D eigenvalue weighted by molar-refractivity contribution is 5.84. The molecule has 1 N–H and O–H groups in total. The molecule has 7 heteroatoms. The van der Waals surface area contributed by atoms with Gasteiger partial charge in [-0.05, 0) is 54.9 Å². The van der Waals surface area contributed by atoms with Crippen LogP contribution in [0.1, 0.15) is 59.3 Å². The van der Waals surface area contributed by atoms with E-state index in [0.717, 1.165) is 45.3 Å².